The van der Waals surface area contributed by atoms with Gasteiger partial charge in [-0.15, -0.1) is 0 Å². The second-order valence-corrected chi connectivity index (χ2v) is 4.14. The van der Waals surface area contributed by atoms with Crippen molar-refractivity contribution < 1.29 is 14.3 Å². The Bertz CT molecular complexity index is 534. The lowest BCUT2D eigenvalue weighted by Crippen LogP contribution is -2.29. The van der Waals surface area contributed by atoms with E-state index < -0.39 is 0 Å². The summed E-state index contributed by atoms with van der Waals surface area (Å²) in [5.41, 5.74) is 2.13. The predicted octanol–water partition coefficient (Wildman–Crippen LogP) is 2.61. The molecule has 0 saturated heterocycles. The van der Waals surface area contributed by atoms with Gasteiger partial charge in [-0.2, -0.15) is 0 Å². The quantitative estimate of drug-likeness (QED) is 0.761. The van der Waals surface area contributed by atoms with Crippen LogP contribution >= 0.6 is 0 Å². The van der Waals surface area contributed by atoms with Crippen LogP contribution in [0.2, 0.25) is 0 Å². The van der Waals surface area contributed by atoms with E-state index >= 15 is 0 Å². The van der Waals surface area contributed by atoms with Crippen LogP contribution in [0.5, 0.6) is 0 Å². The Morgan fingerprint density at radius 2 is 2.22 bits per heavy atom. The number of benzene rings is 1. The topological polar surface area (TPSA) is 38.8 Å². The molecule has 0 N–H and O–H groups in total. The van der Waals surface area contributed by atoms with Crippen molar-refractivity contribution in [2.75, 3.05) is 18.1 Å². The fourth-order valence-corrected chi connectivity index (χ4v) is 2.13. The lowest BCUT2D eigenvalue weighted by Gasteiger charge is -2.17. The van der Waals surface area contributed by atoms with Crippen molar-refractivity contribution in [1.29, 1.82) is 0 Å². The third kappa shape index (κ3) is 1.97. The zero-order valence-electron chi connectivity index (χ0n) is 9.83. The van der Waals surface area contributed by atoms with Crippen molar-refractivity contribution in [1.82, 2.24) is 0 Å². The van der Waals surface area contributed by atoms with E-state index in [1.54, 1.807) is 17.1 Å². The number of ether oxygens (including phenoxy) is 2. The molecule has 0 unspecified atom stereocenters. The number of carbonyl (C=O) groups is 1. The minimum atomic E-state index is -0.335. The summed E-state index contributed by atoms with van der Waals surface area (Å²) < 4.78 is 10.3. The van der Waals surface area contributed by atoms with Gasteiger partial charge in [-0.1, -0.05) is 18.2 Å². The molecule has 4 heteroatoms. The van der Waals surface area contributed by atoms with E-state index in [0.29, 0.717) is 18.9 Å². The van der Waals surface area contributed by atoms with E-state index in [9.17, 15) is 4.79 Å². The molecule has 0 spiro atoms. The number of allylic oxidation sites excluding steroid dienone is 1. The SMILES string of the molecule is O=C(OC1=CCOC=C1)N1CCc2ccccc21. The molecule has 1 amide bonds. The summed E-state index contributed by atoms with van der Waals surface area (Å²) in [5.74, 6) is 0.538. The molecule has 18 heavy (non-hydrogen) atoms. The average molecular weight is 243 g/mol. The Morgan fingerprint density at radius 3 is 3.06 bits per heavy atom. The lowest BCUT2D eigenvalue weighted by molar-refractivity contribution is 0.183. The molecule has 0 saturated carbocycles. The van der Waals surface area contributed by atoms with Crippen LogP contribution in [0, 0.1) is 0 Å². The van der Waals surface area contributed by atoms with Gasteiger partial charge in [-0.25, -0.2) is 4.79 Å². The number of carbonyl (C=O) groups excluding carboxylic acids is 1. The maximum absolute atomic E-state index is 12.1. The van der Waals surface area contributed by atoms with E-state index in [0.717, 1.165) is 12.1 Å². The zero-order valence-corrected chi connectivity index (χ0v) is 9.83. The molecule has 0 aromatic heterocycles. The van der Waals surface area contributed by atoms with Crippen molar-refractivity contribution >= 4 is 11.8 Å². The highest BCUT2D eigenvalue weighted by molar-refractivity contribution is 5.91. The molecule has 2 heterocycles. The van der Waals surface area contributed by atoms with Gasteiger partial charge in [0.15, 0.2) is 0 Å². The number of fused-ring (bicyclic) bond motifs is 1. The minimum absolute atomic E-state index is 0.335. The summed E-state index contributed by atoms with van der Waals surface area (Å²) >= 11 is 0. The number of anilines is 1. The fraction of sp³-hybridized carbons (Fsp3) is 0.214. The Labute approximate surface area is 105 Å². The smallest absolute Gasteiger partial charge is 0.419 e. The van der Waals surface area contributed by atoms with Crippen LogP contribution in [0.15, 0.2) is 48.4 Å². The van der Waals surface area contributed by atoms with Gasteiger partial charge in [0.25, 0.3) is 0 Å². The van der Waals surface area contributed by atoms with Crippen LogP contribution in [0.1, 0.15) is 5.56 Å². The van der Waals surface area contributed by atoms with Gasteiger partial charge in [0, 0.05) is 12.6 Å². The second-order valence-electron chi connectivity index (χ2n) is 4.14. The molecule has 2 aliphatic rings. The molecule has 4 nitrogen and oxygen atoms in total. The fourth-order valence-electron chi connectivity index (χ4n) is 2.13. The third-order valence-electron chi connectivity index (χ3n) is 3.02. The molecule has 0 atom stereocenters. The van der Waals surface area contributed by atoms with E-state index in [4.69, 9.17) is 9.47 Å². The van der Waals surface area contributed by atoms with Crippen LogP contribution in [-0.2, 0) is 15.9 Å². The van der Waals surface area contributed by atoms with Crippen LogP contribution in [0.4, 0.5) is 10.5 Å². The highest BCUT2D eigenvalue weighted by Gasteiger charge is 2.25. The van der Waals surface area contributed by atoms with E-state index in [1.165, 1.54) is 11.8 Å². The van der Waals surface area contributed by atoms with Gasteiger partial charge < -0.3 is 9.47 Å². The van der Waals surface area contributed by atoms with Crippen LogP contribution in [0.3, 0.4) is 0 Å². The zero-order chi connectivity index (χ0) is 12.4. The van der Waals surface area contributed by atoms with E-state index in [1.807, 2.05) is 24.3 Å². The molecule has 92 valence electrons. The Balaban J connectivity index is 1.75. The highest BCUT2D eigenvalue weighted by Crippen LogP contribution is 2.28. The van der Waals surface area contributed by atoms with Crippen molar-refractivity contribution in [2.45, 2.75) is 6.42 Å². The van der Waals surface area contributed by atoms with Gasteiger partial charge in [0.2, 0.25) is 0 Å². The number of amides is 1. The van der Waals surface area contributed by atoms with Gasteiger partial charge in [0.05, 0.1) is 11.9 Å². The molecule has 0 bridgehead atoms. The summed E-state index contributed by atoms with van der Waals surface area (Å²) in [7, 11) is 0. The number of nitrogens with zero attached hydrogens (tertiary/aromatic N) is 1. The maximum atomic E-state index is 12.1. The number of para-hydroxylation sites is 1. The first-order chi connectivity index (χ1) is 8.84. The Kier molecular flexibility index (Phi) is 2.76. The normalized spacial score (nSPS) is 16.9. The van der Waals surface area contributed by atoms with Gasteiger partial charge in [-0.05, 0) is 24.1 Å². The summed E-state index contributed by atoms with van der Waals surface area (Å²) in [6.45, 7) is 1.11. The van der Waals surface area contributed by atoms with Crippen LogP contribution in [0.25, 0.3) is 0 Å². The lowest BCUT2D eigenvalue weighted by atomic mass is 10.2. The molecule has 1 aromatic carbocycles. The molecular formula is C14H13NO3. The molecule has 0 fully saturated rings. The summed E-state index contributed by atoms with van der Waals surface area (Å²) in [5, 5.41) is 0. The summed E-state index contributed by atoms with van der Waals surface area (Å²) in [4.78, 5) is 13.7. The predicted molar refractivity (Wildman–Crippen MR) is 67.1 cm³/mol. The summed E-state index contributed by atoms with van der Waals surface area (Å²) in [6.07, 6.45) is 5.45. The molecular weight excluding hydrogens is 230 g/mol. The Hall–Kier alpha value is -2.23. The van der Waals surface area contributed by atoms with Gasteiger partial charge >= 0.3 is 6.09 Å². The third-order valence-corrected chi connectivity index (χ3v) is 3.02. The largest absolute Gasteiger partial charge is 0.497 e. The Morgan fingerprint density at radius 1 is 1.33 bits per heavy atom. The van der Waals surface area contributed by atoms with Crippen molar-refractivity contribution in [3.8, 4) is 0 Å². The first kappa shape index (κ1) is 10.9. The van der Waals surface area contributed by atoms with E-state index in [-0.39, 0.29) is 6.09 Å². The minimum Gasteiger partial charge on any atom is -0.497 e. The first-order valence-corrected chi connectivity index (χ1v) is 5.90. The number of hydrogen-bond donors (Lipinski definition) is 0. The number of hydrogen-bond acceptors (Lipinski definition) is 3. The van der Waals surface area contributed by atoms with Crippen LogP contribution < -0.4 is 4.90 Å². The van der Waals surface area contributed by atoms with Crippen LogP contribution in [-0.4, -0.2) is 19.2 Å². The summed E-state index contributed by atoms with van der Waals surface area (Å²) in [6, 6.07) is 7.89. The molecule has 1 aromatic rings. The standard InChI is InChI=1S/C14H13NO3/c16-14(18-12-6-9-17-10-7-12)15-8-5-11-3-1-2-4-13(11)15/h1-4,6-7,9H,5,8,10H2. The second kappa shape index (κ2) is 4.56. The number of rotatable bonds is 1. The molecule has 2 aliphatic heterocycles. The van der Waals surface area contributed by atoms with Crippen molar-refractivity contribution in [3.63, 3.8) is 0 Å². The van der Waals surface area contributed by atoms with Crippen molar-refractivity contribution in [2.24, 2.45) is 0 Å². The molecule has 3 rings (SSSR count). The molecule has 0 radical (unpaired) electrons. The monoisotopic (exact) mass is 243 g/mol. The molecule has 0 aliphatic carbocycles. The maximum Gasteiger partial charge on any atom is 0.419 e. The average Bonchev–Trinajstić information content (AvgIpc) is 2.84. The van der Waals surface area contributed by atoms with Gasteiger partial charge in [0.1, 0.15) is 12.4 Å². The first-order valence-electron chi connectivity index (χ1n) is 5.90. The van der Waals surface area contributed by atoms with Gasteiger partial charge in [-0.3, -0.25) is 4.90 Å². The van der Waals surface area contributed by atoms with E-state index in [2.05, 4.69) is 0 Å². The highest BCUT2D eigenvalue weighted by atomic mass is 16.6. The van der Waals surface area contributed by atoms with Crippen molar-refractivity contribution in [3.05, 3.63) is 54.0 Å².